The van der Waals surface area contributed by atoms with Crippen LogP contribution in [0, 0.1) is 11.6 Å². The number of hydrogen-bond acceptors (Lipinski definition) is 11. The van der Waals surface area contributed by atoms with Crippen molar-refractivity contribution in [1.29, 1.82) is 0 Å². The third-order valence-corrected chi connectivity index (χ3v) is 8.28. The molecule has 1 aromatic carbocycles. The van der Waals surface area contributed by atoms with Gasteiger partial charge in [0.1, 0.15) is 23.3 Å². The fourth-order valence-corrected chi connectivity index (χ4v) is 5.85. The summed E-state index contributed by atoms with van der Waals surface area (Å²) in [4.78, 5) is 61.0. The minimum Gasteiger partial charge on any atom is -0.482 e. The van der Waals surface area contributed by atoms with Crippen LogP contribution in [0.3, 0.4) is 0 Å². The minimum atomic E-state index is -1.12. The summed E-state index contributed by atoms with van der Waals surface area (Å²) in [7, 11) is 2.89. The van der Waals surface area contributed by atoms with Crippen molar-refractivity contribution in [3.8, 4) is 5.75 Å². The first-order chi connectivity index (χ1) is 22.0. The normalized spacial score (nSPS) is 22.3. The number of halogens is 2. The van der Waals surface area contributed by atoms with E-state index in [1.165, 1.54) is 25.0 Å². The van der Waals surface area contributed by atoms with E-state index in [1.807, 2.05) is 6.92 Å². The molecule has 4 atom stereocenters. The van der Waals surface area contributed by atoms with Crippen LogP contribution in [0.4, 0.5) is 13.6 Å². The number of amides is 2. The third-order valence-electron chi connectivity index (χ3n) is 8.28. The highest BCUT2D eigenvalue weighted by molar-refractivity contribution is 5.99. The Labute approximate surface area is 262 Å². The van der Waals surface area contributed by atoms with E-state index < -0.39 is 70.9 Å². The number of carbonyl (C=O) groups excluding carboxylic acids is 3. The van der Waals surface area contributed by atoms with Gasteiger partial charge in [-0.15, -0.1) is 0 Å². The molecule has 5 rings (SSSR count). The molecular formula is C30H34F2N4O10. The molecule has 1 aromatic heterocycles. The number of benzene rings is 1. The molecule has 14 nitrogen and oxygen atoms in total. The number of ether oxygens (including phenoxy) is 5. The first-order valence-corrected chi connectivity index (χ1v) is 14.5. The van der Waals surface area contributed by atoms with Crippen LogP contribution in [0.2, 0.25) is 0 Å². The topological polar surface area (TPSA) is 156 Å². The van der Waals surface area contributed by atoms with Gasteiger partial charge in [-0.1, -0.05) is 11.2 Å². The predicted molar refractivity (Wildman–Crippen MR) is 154 cm³/mol. The summed E-state index contributed by atoms with van der Waals surface area (Å²) in [6.07, 6.45) is 0.720. The van der Waals surface area contributed by atoms with Crippen molar-refractivity contribution in [2.24, 2.45) is 5.16 Å². The van der Waals surface area contributed by atoms with Crippen LogP contribution in [0.15, 0.2) is 34.3 Å². The molecular weight excluding hydrogens is 614 g/mol. The second-order valence-corrected chi connectivity index (χ2v) is 11.3. The van der Waals surface area contributed by atoms with Crippen molar-refractivity contribution in [2.45, 2.75) is 63.4 Å². The van der Waals surface area contributed by atoms with Gasteiger partial charge in [0.2, 0.25) is 23.9 Å². The third kappa shape index (κ3) is 6.34. The van der Waals surface area contributed by atoms with Crippen LogP contribution < -0.4 is 15.5 Å². The quantitative estimate of drug-likeness (QED) is 0.317. The molecule has 4 heterocycles. The molecule has 3 aliphatic rings. The second kappa shape index (κ2) is 13.3. The number of fused-ring (bicyclic) bond motifs is 5. The number of rotatable bonds is 9. The molecule has 1 spiro atoms. The Bertz CT molecular complexity index is 1610. The second-order valence-electron chi connectivity index (χ2n) is 11.3. The highest BCUT2D eigenvalue weighted by atomic mass is 19.1. The molecule has 2 amide bonds. The highest BCUT2D eigenvalue weighted by Crippen LogP contribution is 2.46. The van der Waals surface area contributed by atoms with Gasteiger partial charge in [-0.05, 0) is 32.8 Å². The molecule has 1 fully saturated rings. The molecule has 3 aliphatic heterocycles. The van der Waals surface area contributed by atoms with E-state index in [2.05, 4.69) is 10.5 Å². The highest BCUT2D eigenvalue weighted by Gasteiger charge is 2.55. The molecule has 2 bridgehead atoms. The molecule has 16 heteroatoms. The molecule has 248 valence electrons. The molecule has 0 saturated carbocycles. The number of pyridine rings is 1. The largest absolute Gasteiger partial charge is 0.511 e. The summed E-state index contributed by atoms with van der Waals surface area (Å²) in [5.74, 6) is -3.35. The van der Waals surface area contributed by atoms with Gasteiger partial charge in [0.05, 0.1) is 26.2 Å². The molecule has 1 saturated heterocycles. The summed E-state index contributed by atoms with van der Waals surface area (Å²) < 4.78 is 55.0. The van der Waals surface area contributed by atoms with Crippen molar-refractivity contribution in [3.05, 3.63) is 63.1 Å². The van der Waals surface area contributed by atoms with Gasteiger partial charge in [-0.3, -0.25) is 14.4 Å². The van der Waals surface area contributed by atoms with Crippen LogP contribution in [0.5, 0.6) is 5.75 Å². The summed E-state index contributed by atoms with van der Waals surface area (Å²) in [5, 5.41) is 6.55. The van der Waals surface area contributed by atoms with E-state index in [0.29, 0.717) is 24.8 Å². The Balaban J connectivity index is 1.53. The van der Waals surface area contributed by atoms with Crippen molar-refractivity contribution < 1.29 is 51.7 Å². The van der Waals surface area contributed by atoms with Crippen molar-refractivity contribution in [2.75, 3.05) is 34.2 Å². The Kier molecular flexibility index (Phi) is 9.46. The Morgan fingerprint density at radius 1 is 1.24 bits per heavy atom. The molecule has 2 aromatic rings. The van der Waals surface area contributed by atoms with Gasteiger partial charge >= 0.3 is 6.16 Å². The number of hydrogen-bond donors (Lipinski definition) is 1. The van der Waals surface area contributed by atoms with Crippen LogP contribution in [0.1, 0.15) is 65.6 Å². The van der Waals surface area contributed by atoms with Crippen molar-refractivity contribution in [1.82, 2.24) is 14.8 Å². The number of oxime groups is 1. The van der Waals surface area contributed by atoms with Crippen molar-refractivity contribution in [3.63, 3.8) is 0 Å². The summed E-state index contributed by atoms with van der Waals surface area (Å²) in [6.45, 7) is 2.49. The smallest absolute Gasteiger partial charge is 0.482 e. The van der Waals surface area contributed by atoms with E-state index in [0.717, 1.165) is 12.1 Å². The lowest BCUT2D eigenvalue weighted by molar-refractivity contribution is -0.0658. The standard InChI is InChI=1S/C30H34F2N4O10/c1-16-7-8-30(10-23(42-4)34-46-30)22-13-35(16)28(39)24-26(43-15-44-29(40)45-17(2)14-41-3)25(37)20(12-36(22)24)27(38)33-11-18-5-6-19(31)9-21(18)32/h5-6,9,12,16-17,22H,7-8,10-11,13-15H2,1-4H3,(H,33,38)/t16-,17-,22+,30-/m0/s1. The Morgan fingerprint density at radius 2 is 2.02 bits per heavy atom. The van der Waals surface area contributed by atoms with E-state index in [4.69, 9.17) is 28.5 Å². The van der Waals surface area contributed by atoms with E-state index in [-0.39, 0.29) is 43.4 Å². The zero-order valence-corrected chi connectivity index (χ0v) is 25.7. The van der Waals surface area contributed by atoms with Crippen molar-refractivity contribution >= 4 is 23.9 Å². The predicted octanol–water partition coefficient (Wildman–Crippen LogP) is 2.88. The maximum Gasteiger partial charge on any atom is 0.511 e. The zero-order valence-electron chi connectivity index (χ0n) is 25.7. The maximum absolute atomic E-state index is 14.3. The molecule has 0 aliphatic carbocycles. The average molecular weight is 649 g/mol. The van der Waals surface area contributed by atoms with Crippen LogP contribution in [0.25, 0.3) is 0 Å². The first-order valence-electron chi connectivity index (χ1n) is 14.5. The lowest BCUT2D eigenvalue weighted by Crippen LogP contribution is -2.52. The van der Waals surface area contributed by atoms with Gasteiger partial charge in [-0.25, -0.2) is 13.6 Å². The van der Waals surface area contributed by atoms with Gasteiger partial charge in [0.25, 0.3) is 11.8 Å². The Hall–Kier alpha value is -4.73. The van der Waals surface area contributed by atoms with E-state index >= 15 is 0 Å². The monoisotopic (exact) mass is 648 g/mol. The van der Waals surface area contributed by atoms with Gasteiger partial charge in [-0.2, -0.15) is 0 Å². The van der Waals surface area contributed by atoms with E-state index in [9.17, 15) is 28.0 Å². The van der Waals surface area contributed by atoms with E-state index in [1.54, 1.807) is 11.8 Å². The van der Waals surface area contributed by atoms with Crippen LogP contribution in [-0.2, 0) is 30.3 Å². The summed E-state index contributed by atoms with van der Waals surface area (Å²) in [5.41, 5.74) is -2.64. The minimum absolute atomic E-state index is 0.0231. The number of methoxy groups -OCH3 is 2. The van der Waals surface area contributed by atoms with Crippen LogP contribution >= 0.6 is 0 Å². The lowest BCUT2D eigenvalue weighted by atomic mass is 9.85. The lowest BCUT2D eigenvalue weighted by Gasteiger charge is -2.42. The summed E-state index contributed by atoms with van der Waals surface area (Å²) in [6, 6.07) is 1.95. The SMILES string of the molecule is COC[C@H](C)OC(=O)OCOc1c2n(cc(C(=O)NCc3ccc(F)cc3F)c1=O)[C@@H]1CN(C2=O)[C@@H](C)CC[C@]12CC(OC)=NO2. The fraction of sp³-hybridized carbons (Fsp3) is 0.500. The number of nitrogens with zero attached hydrogens (tertiary/aromatic N) is 3. The Morgan fingerprint density at radius 3 is 2.72 bits per heavy atom. The van der Waals surface area contributed by atoms with Gasteiger partial charge in [0, 0.05) is 44.1 Å². The fourth-order valence-electron chi connectivity index (χ4n) is 5.85. The number of nitrogens with one attached hydrogen (secondary N) is 1. The summed E-state index contributed by atoms with van der Waals surface area (Å²) >= 11 is 0. The number of aromatic nitrogens is 1. The number of carbonyl (C=O) groups is 3. The molecule has 46 heavy (non-hydrogen) atoms. The zero-order chi connectivity index (χ0) is 33.2. The first kappa shape index (κ1) is 32.7. The van der Waals surface area contributed by atoms with Gasteiger partial charge in [0.15, 0.2) is 11.3 Å². The molecule has 0 unspecified atom stereocenters. The van der Waals surface area contributed by atoms with Gasteiger partial charge < -0.3 is 43.3 Å². The molecule has 0 radical (unpaired) electrons. The average Bonchev–Trinajstić information content (AvgIpc) is 3.39. The van der Waals surface area contributed by atoms with Crippen LogP contribution in [-0.4, -0.2) is 85.2 Å². The molecule has 1 N–H and O–H groups in total. The maximum atomic E-state index is 14.3.